The first-order valence-corrected chi connectivity index (χ1v) is 7.07. The molecule has 1 unspecified atom stereocenters. The average Bonchev–Trinajstić information content (AvgIpc) is 2.64. The molecule has 112 valence electrons. The van der Waals surface area contributed by atoms with Crippen LogP contribution in [0.2, 0.25) is 0 Å². The molecule has 1 aliphatic heterocycles. The van der Waals surface area contributed by atoms with Crippen molar-refractivity contribution in [3.8, 4) is 0 Å². The van der Waals surface area contributed by atoms with Gasteiger partial charge in [0, 0.05) is 25.1 Å². The Morgan fingerprint density at radius 1 is 1.33 bits per heavy atom. The SMILES string of the molecule is NC(=O)C(O)CC1=CCCCN(Cc2ccccc2)C1=O. The summed E-state index contributed by atoms with van der Waals surface area (Å²) in [7, 11) is 0. The van der Waals surface area contributed by atoms with Crippen molar-refractivity contribution in [2.75, 3.05) is 6.54 Å². The lowest BCUT2D eigenvalue weighted by atomic mass is 10.1. The number of nitrogens with two attached hydrogens (primary N) is 1. The van der Waals surface area contributed by atoms with Crippen LogP contribution in [0.4, 0.5) is 0 Å². The van der Waals surface area contributed by atoms with Gasteiger partial charge in [-0.15, -0.1) is 0 Å². The lowest BCUT2D eigenvalue weighted by Gasteiger charge is -2.22. The van der Waals surface area contributed by atoms with Crippen molar-refractivity contribution in [3.63, 3.8) is 0 Å². The monoisotopic (exact) mass is 288 g/mol. The molecule has 0 radical (unpaired) electrons. The normalized spacial score (nSPS) is 17.1. The van der Waals surface area contributed by atoms with Crippen molar-refractivity contribution < 1.29 is 14.7 Å². The second kappa shape index (κ2) is 7.04. The van der Waals surface area contributed by atoms with E-state index >= 15 is 0 Å². The van der Waals surface area contributed by atoms with Gasteiger partial charge in [-0.1, -0.05) is 36.4 Å². The zero-order valence-corrected chi connectivity index (χ0v) is 11.9. The van der Waals surface area contributed by atoms with Crippen LogP contribution in [0.25, 0.3) is 0 Å². The summed E-state index contributed by atoms with van der Waals surface area (Å²) in [6, 6.07) is 9.75. The number of carbonyl (C=O) groups is 2. The van der Waals surface area contributed by atoms with Crippen molar-refractivity contribution in [1.29, 1.82) is 0 Å². The quantitative estimate of drug-likeness (QED) is 0.847. The molecule has 0 aromatic heterocycles. The van der Waals surface area contributed by atoms with E-state index in [1.54, 1.807) is 11.0 Å². The first-order chi connectivity index (χ1) is 10.1. The number of aliphatic hydroxyl groups excluding tert-OH is 1. The zero-order chi connectivity index (χ0) is 15.2. The molecule has 1 aromatic carbocycles. The van der Waals surface area contributed by atoms with Crippen molar-refractivity contribution in [2.24, 2.45) is 5.73 Å². The van der Waals surface area contributed by atoms with Gasteiger partial charge in [0.25, 0.3) is 0 Å². The molecule has 0 saturated carbocycles. The van der Waals surface area contributed by atoms with Gasteiger partial charge in [-0.3, -0.25) is 9.59 Å². The minimum atomic E-state index is -1.31. The number of hydrogen-bond acceptors (Lipinski definition) is 3. The predicted molar refractivity (Wildman–Crippen MR) is 79.0 cm³/mol. The van der Waals surface area contributed by atoms with Gasteiger partial charge in [-0.05, 0) is 18.4 Å². The van der Waals surface area contributed by atoms with Gasteiger partial charge < -0.3 is 15.7 Å². The smallest absolute Gasteiger partial charge is 0.249 e. The second-order valence-corrected chi connectivity index (χ2v) is 5.21. The van der Waals surface area contributed by atoms with Gasteiger partial charge in [0.1, 0.15) is 6.10 Å². The third-order valence-electron chi connectivity index (χ3n) is 3.54. The lowest BCUT2D eigenvalue weighted by molar-refractivity contribution is -0.129. The number of primary amides is 1. The van der Waals surface area contributed by atoms with Gasteiger partial charge in [-0.2, -0.15) is 0 Å². The molecule has 0 spiro atoms. The van der Waals surface area contributed by atoms with Crippen molar-refractivity contribution in [3.05, 3.63) is 47.5 Å². The van der Waals surface area contributed by atoms with E-state index < -0.39 is 12.0 Å². The van der Waals surface area contributed by atoms with Crippen LogP contribution >= 0.6 is 0 Å². The van der Waals surface area contributed by atoms with E-state index in [9.17, 15) is 14.7 Å². The zero-order valence-electron chi connectivity index (χ0n) is 11.9. The van der Waals surface area contributed by atoms with Crippen LogP contribution < -0.4 is 5.73 Å². The van der Waals surface area contributed by atoms with E-state index in [4.69, 9.17) is 5.73 Å². The highest BCUT2D eigenvalue weighted by Crippen LogP contribution is 2.18. The Labute approximate surface area is 124 Å². The third kappa shape index (κ3) is 4.16. The maximum absolute atomic E-state index is 12.5. The van der Waals surface area contributed by atoms with E-state index in [1.807, 2.05) is 30.3 Å². The minimum absolute atomic E-state index is 0.0144. The molecule has 1 heterocycles. The summed E-state index contributed by atoms with van der Waals surface area (Å²) in [6.45, 7) is 1.20. The summed E-state index contributed by atoms with van der Waals surface area (Å²) in [5.74, 6) is -0.931. The minimum Gasteiger partial charge on any atom is -0.383 e. The Kier molecular flexibility index (Phi) is 5.11. The maximum atomic E-state index is 12.5. The van der Waals surface area contributed by atoms with Crippen LogP contribution in [0.3, 0.4) is 0 Å². The largest absolute Gasteiger partial charge is 0.383 e. The standard InChI is InChI=1S/C16H20N2O3/c17-15(20)14(19)10-13-8-4-5-9-18(16(13)21)11-12-6-2-1-3-7-12/h1-3,6-8,14,19H,4-5,9-11H2,(H2,17,20). The molecule has 1 aromatic rings. The Balaban J connectivity index is 2.08. The number of carbonyl (C=O) groups excluding carboxylic acids is 2. The van der Waals surface area contributed by atoms with Gasteiger partial charge in [0.15, 0.2) is 0 Å². The van der Waals surface area contributed by atoms with Crippen molar-refractivity contribution in [1.82, 2.24) is 4.90 Å². The number of aliphatic hydroxyl groups is 1. The number of nitrogens with zero attached hydrogens (tertiary/aromatic N) is 1. The fourth-order valence-electron chi connectivity index (χ4n) is 2.38. The van der Waals surface area contributed by atoms with E-state index in [1.165, 1.54) is 0 Å². The summed E-state index contributed by atoms with van der Waals surface area (Å²) in [6.07, 6.45) is 2.11. The van der Waals surface area contributed by atoms with Crippen LogP contribution in [0.5, 0.6) is 0 Å². The predicted octanol–water partition coefficient (Wildman–Crippen LogP) is 0.972. The first kappa shape index (κ1) is 15.3. The molecule has 0 saturated heterocycles. The number of allylic oxidation sites excluding steroid dienone is 1. The van der Waals surface area contributed by atoms with E-state index in [2.05, 4.69) is 0 Å². The van der Waals surface area contributed by atoms with Gasteiger partial charge in [0.05, 0.1) is 0 Å². The topological polar surface area (TPSA) is 83.6 Å². The summed E-state index contributed by atoms with van der Waals surface area (Å²) in [5, 5.41) is 9.58. The molecule has 1 atom stereocenters. The Hall–Kier alpha value is -2.14. The van der Waals surface area contributed by atoms with Gasteiger partial charge in [-0.25, -0.2) is 0 Å². The number of rotatable bonds is 5. The molecule has 0 bridgehead atoms. The van der Waals surface area contributed by atoms with Crippen molar-refractivity contribution in [2.45, 2.75) is 31.9 Å². The third-order valence-corrected chi connectivity index (χ3v) is 3.54. The van der Waals surface area contributed by atoms with E-state index in [0.29, 0.717) is 18.7 Å². The number of benzene rings is 1. The summed E-state index contributed by atoms with van der Waals surface area (Å²) in [4.78, 5) is 25.2. The van der Waals surface area contributed by atoms with Crippen LogP contribution in [-0.4, -0.2) is 34.5 Å². The molecule has 1 aliphatic rings. The molecule has 5 heteroatoms. The summed E-state index contributed by atoms with van der Waals surface area (Å²) < 4.78 is 0. The molecule has 2 rings (SSSR count). The van der Waals surface area contributed by atoms with Crippen LogP contribution in [-0.2, 0) is 16.1 Å². The van der Waals surface area contributed by atoms with E-state index in [0.717, 1.165) is 18.4 Å². The van der Waals surface area contributed by atoms with Gasteiger partial charge in [0.2, 0.25) is 11.8 Å². The average molecular weight is 288 g/mol. The molecule has 2 amide bonds. The Morgan fingerprint density at radius 2 is 2.05 bits per heavy atom. The molecule has 0 fully saturated rings. The molecule has 0 aliphatic carbocycles. The Morgan fingerprint density at radius 3 is 2.71 bits per heavy atom. The summed E-state index contributed by atoms with van der Waals surface area (Å²) in [5.41, 5.74) is 6.58. The highest BCUT2D eigenvalue weighted by atomic mass is 16.3. The van der Waals surface area contributed by atoms with E-state index in [-0.39, 0.29) is 12.3 Å². The summed E-state index contributed by atoms with van der Waals surface area (Å²) >= 11 is 0. The highest BCUT2D eigenvalue weighted by molar-refractivity contribution is 5.94. The number of amides is 2. The highest BCUT2D eigenvalue weighted by Gasteiger charge is 2.24. The molecule has 3 N–H and O–H groups in total. The van der Waals surface area contributed by atoms with Crippen LogP contribution in [0.15, 0.2) is 42.0 Å². The fraction of sp³-hybridized carbons (Fsp3) is 0.375. The van der Waals surface area contributed by atoms with Crippen molar-refractivity contribution >= 4 is 11.8 Å². The van der Waals surface area contributed by atoms with Gasteiger partial charge >= 0.3 is 0 Å². The molecular weight excluding hydrogens is 268 g/mol. The number of hydrogen-bond donors (Lipinski definition) is 2. The Bertz CT molecular complexity index is 540. The van der Waals surface area contributed by atoms with Crippen LogP contribution in [0.1, 0.15) is 24.8 Å². The van der Waals surface area contributed by atoms with Crippen LogP contribution in [0, 0.1) is 0 Å². The lowest BCUT2D eigenvalue weighted by Crippen LogP contribution is -2.34. The maximum Gasteiger partial charge on any atom is 0.249 e. The molecular formula is C16H20N2O3. The molecule has 5 nitrogen and oxygen atoms in total. The fourth-order valence-corrected chi connectivity index (χ4v) is 2.38. The first-order valence-electron chi connectivity index (χ1n) is 7.07. The molecule has 21 heavy (non-hydrogen) atoms. The second-order valence-electron chi connectivity index (χ2n) is 5.21.